The number of amides is 2. The summed E-state index contributed by atoms with van der Waals surface area (Å²) < 4.78 is 1.99. The summed E-state index contributed by atoms with van der Waals surface area (Å²) in [6.07, 6.45) is 7.30. The molecule has 1 fully saturated rings. The molecule has 1 N–H and O–H groups in total. The molecule has 0 saturated heterocycles. The fourth-order valence-electron chi connectivity index (χ4n) is 5.08. The normalized spacial score (nSPS) is 19.0. The fraction of sp³-hybridized carbons (Fsp3) is 0.600. The highest BCUT2D eigenvalue weighted by atomic mass is 16.2. The lowest BCUT2D eigenvalue weighted by Gasteiger charge is -2.29. The molecule has 3 heterocycles. The van der Waals surface area contributed by atoms with Gasteiger partial charge in [0, 0.05) is 62.2 Å². The van der Waals surface area contributed by atoms with Crippen molar-refractivity contribution in [1.29, 1.82) is 0 Å². The monoisotopic (exact) mass is 437 g/mol. The van der Waals surface area contributed by atoms with Gasteiger partial charge in [0.2, 0.25) is 5.91 Å². The first-order chi connectivity index (χ1) is 15.4. The topological polar surface area (TPSA) is 80.1 Å². The lowest BCUT2D eigenvalue weighted by atomic mass is 9.96. The Morgan fingerprint density at radius 1 is 1.28 bits per heavy atom. The van der Waals surface area contributed by atoms with Crippen LogP contribution in [0, 0.1) is 17.3 Å². The number of carbonyl (C=O) groups excluding carboxylic acids is 2. The molecule has 172 valence electrons. The van der Waals surface area contributed by atoms with Crippen molar-refractivity contribution in [2.24, 2.45) is 17.3 Å². The Hall–Kier alpha value is -2.70. The minimum Gasteiger partial charge on any atom is -0.346 e. The van der Waals surface area contributed by atoms with Crippen LogP contribution in [0.5, 0.6) is 0 Å². The number of hydrogen-bond acceptors (Lipinski definition) is 4. The van der Waals surface area contributed by atoms with E-state index in [9.17, 15) is 9.59 Å². The third-order valence-corrected chi connectivity index (χ3v) is 7.27. The van der Waals surface area contributed by atoms with Crippen molar-refractivity contribution >= 4 is 11.8 Å². The zero-order valence-electron chi connectivity index (χ0n) is 19.7. The van der Waals surface area contributed by atoms with Crippen molar-refractivity contribution < 1.29 is 9.59 Å². The maximum absolute atomic E-state index is 13.3. The van der Waals surface area contributed by atoms with Crippen LogP contribution < -0.4 is 5.32 Å². The summed E-state index contributed by atoms with van der Waals surface area (Å²) in [6.45, 7) is 11.0. The minimum atomic E-state index is -0.190. The Bertz CT molecular complexity index is 978. The van der Waals surface area contributed by atoms with Crippen LogP contribution in [0.2, 0.25) is 0 Å². The molecule has 7 heteroatoms. The third kappa shape index (κ3) is 4.30. The molecule has 1 saturated carbocycles. The summed E-state index contributed by atoms with van der Waals surface area (Å²) in [5.41, 5.74) is 3.59. The molecule has 1 aliphatic carbocycles. The van der Waals surface area contributed by atoms with E-state index < -0.39 is 0 Å². The molecule has 0 aromatic carbocycles. The molecule has 2 aliphatic rings. The number of fused-ring (bicyclic) bond motifs is 1. The van der Waals surface area contributed by atoms with E-state index in [4.69, 9.17) is 5.10 Å². The SMILES string of the molecule is CCC1(CC)CC1C(=O)N1CCc2c(c(C(=O)NCc3cccnc3)nn2CC(C)C)C1. The van der Waals surface area contributed by atoms with Crippen molar-refractivity contribution in [2.45, 2.75) is 73.0 Å². The van der Waals surface area contributed by atoms with E-state index in [1.54, 1.807) is 12.4 Å². The highest BCUT2D eigenvalue weighted by Gasteiger charge is 2.56. The second-order valence-electron chi connectivity index (χ2n) is 9.73. The number of rotatable bonds is 8. The summed E-state index contributed by atoms with van der Waals surface area (Å²) in [5.74, 6) is 0.612. The maximum Gasteiger partial charge on any atom is 0.272 e. The van der Waals surface area contributed by atoms with Crippen molar-refractivity contribution in [2.75, 3.05) is 6.54 Å². The number of nitrogens with one attached hydrogen (secondary N) is 1. The molecule has 2 amide bonds. The van der Waals surface area contributed by atoms with Crippen LogP contribution >= 0.6 is 0 Å². The van der Waals surface area contributed by atoms with Crippen LogP contribution in [0.15, 0.2) is 24.5 Å². The van der Waals surface area contributed by atoms with Crippen LogP contribution in [-0.4, -0.2) is 38.0 Å². The molecule has 0 bridgehead atoms. The van der Waals surface area contributed by atoms with Crippen molar-refractivity contribution in [3.8, 4) is 0 Å². The van der Waals surface area contributed by atoms with Gasteiger partial charge in [-0.2, -0.15) is 5.10 Å². The van der Waals surface area contributed by atoms with Gasteiger partial charge in [0.15, 0.2) is 5.69 Å². The fourth-order valence-corrected chi connectivity index (χ4v) is 5.08. The van der Waals surface area contributed by atoms with Gasteiger partial charge in [-0.1, -0.05) is 33.8 Å². The van der Waals surface area contributed by atoms with E-state index in [1.165, 1.54) is 0 Å². The molecule has 7 nitrogen and oxygen atoms in total. The average molecular weight is 438 g/mol. The second-order valence-corrected chi connectivity index (χ2v) is 9.73. The molecule has 1 atom stereocenters. The van der Waals surface area contributed by atoms with Crippen LogP contribution in [-0.2, 0) is 30.8 Å². The highest BCUT2D eigenvalue weighted by molar-refractivity contribution is 5.94. The average Bonchev–Trinajstić information content (AvgIpc) is 3.45. The Morgan fingerprint density at radius 2 is 2.06 bits per heavy atom. The molecule has 1 aliphatic heterocycles. The number of carbonyl (C=O) groups is 2. The first-order valence-corrected chi connectivity index (χ1v) is 11.9. The summed E-state index contributed by atoms with van der Waals surface area (Å²) in [6, 6.07) is 3.79. The Labute approximate surface area is 190 Å². The van der Waals surface area contributed by atoms with Crippen LogP contribution in [0.3, 0.4) is 0 Å². The number of aromatic nitrogens is 3. The summed E-state index contributed by atoms with van der Waals surface area (Å²) in [4.78, 5) is 32.4. The Morgan fingerprint density at radius 3 is 2.69 bits per heavy atom. The summed E-state index contributed by atoms with van der Waals surface area (Å²) in [5, 5.41) is 7.69. The van der Waals surface area contributed by atoms with Gasteiger partial charge in [0.25, 0.3) is 5.91 Å². The molecule has 32 heavy (non-hydrogen) atoms. The second kappa shape index (κ2) is 9.04. The van der Waals surface area contributed by atoms with Gasteiger partial charge in [-0.3, -0.25) is 19.3 Å². The third-order valence-electron chi connectivity index (χ3n) is 7.27. The van der Waals surface area contributed by atoms with Gasteiger partial charge < -0.3 is 10.2 Å². The zero-order valence-corrected chi connectivity index (χ0v) is 19.7. The minimum absolute atomic E-state index is 0.132. The van der Waals surface area contributed by atoms with Gasteiger partial charge >= 0.3 is 0 Å². The van der Waals surface area contributed by atoms with Crippen molar-refractivity contribution in [3.05, 3.63) is 47.0 Å². The van der Waals surface area contributed by atoms with E-state index in [2.05, 4.69) is 38.0 Å². The number of pyridine rings is 1. The van der Waals surface area contributed by atoms with Gasteiger partial charge in [-0.25, -0.2) is 0 Å². The standard InChI is InChI=1S/C25H35N5O2/c1-5-25(6-2)12-20(25)24(32)29-11-9-21-19(16-29)22(28-30(21)15-17(3)4)23(31)27-14-18-8-7-10-26-13-18/h7-8,10,13,17,20H,5-6,9,11-12,14-16H2,1-4H3,(H,27,31). The van der Waals surface area contributed by atoms with E-state index in [-0.39, 0.29) is 23.1 Å². The van der Waals surface area contributed by atoms with Crippen molar-refractivity contribution in [3.63, 3.8) is 0 Å². The molecular weight excluding hydrogens is 402 g/mol. The predicted octanol–water partition coefficient (Wildman–Crippen LogP) is 3.58. The van der Waals surface area contributed by atoms with Gasteiger partial charge in [0.05, 0.1) is 0 Å². The van der Waals surface area contributed by atoms with Crippen molar-refractivity contribution in [1.82, 2.24) is 25.0 Å². The van der Waals surface area contributed by atoms with E-state index in [1.807, 2.05) is 21.7 Å². The molecule has 2 aromatic rings. The summed E-state index contributed by atoms with van der Waals surface area (Å²) >= 11 is 0. The Kier molecular flexibility index (Phi) is 6.35. The molecule has 4 rings (SSSR count). The number of hydrogen-bond donors (Lipinski definition) is 1. The highest BCUT2D eigenvalue weighted by Crippen LogP contribution is 2.58. The predicted molar refractivity (Wildman–Crippen MR) is 123 cm³/mol. The van der Waals surface area contributed by atoms with Gasteiger partial charge in [0.1, 0.15) is 0 Å². The first kappa shape index (κ1) is 22.5. The molecular formula is C25H35N5O2. The smallest absolute Gasteiger partial charge is 0.272 e. The number of nitrogens with zero attached hydrogens (tertiary/aromatic N) is 4. The van der Waals surface area contributed by atoms with E-state index in [0.29, 0.717) is 31.2 Å². The Balaban J connectivity index is 1.54. The van der Waals surface area contributed by atoms with Crippen LogP contribution in [0.4, 0.5) is 0 Å². The quantitative estimate of drug-likeness (QED) is 0.685. The molecule has 0 radical (unpaired) electrons. The zero-order chi connectivity index (χ0) is 22.9. The van der Waals surface area contributed by atoms with Crippen LogP contribution in [0.1, 0.15) is 74.3 Å². The van der Waals surface area contributed by atoms with Crippen LogP contribution in [0.25, 0.3) is 0 Å². The molecule has 2 aromatic heterocycles. The van der Waals surface area contributed by atoms with Gasteiger partial charge in [-0.15, -0.1) is 0 Å². The van der Waals surface area contributed by atoms with Gasteiger partial charge in [-0.05, 0) is 42.2 Å². The summed E-state index contributed by atoms with van der Waals surface area (Å²) in [7, 11) is 0. The van der Waals surface area contributed by atoms with E-state index in [0.717, 1.165) is 49.0 Å². The lowest BCUT2D eigenvalue weighted by molar-refractivity contribution is -0.134. The molecule has 1 unspecified atom stereocenters. The maximum atomic E-state index is 13.3. The van der Waals surface area contributed by atoms with E-state index >= 15 is 0 Å². The first-order valence-electron chi connectivity index (χ1n) is 11.9. The molecule has 0 spiro atoms. The lowest BCUT2D eigenvalue weighted by Crippen LogP contribution is -2.39. The largest absolute Gasteiger partial charge is 0.346 e.